The number of hydrogen-bond acceptors (Lipinski definition) is 6. The molecule has 0 spiro atoms. The summed E-state index contributed by atoms with van der Waals surface area (Å²) < 4.78 is 11.7. The summed E-state index contributed by atoms with van der Waals surface area (Å²) >= 11 is 0. The summed E-state index contributed by atoms with van der Waals surface area (Å²) in [7, 11) is 2.15. The minimum absolute atomic E-state index is 0.0806. The lowest BCUT2D eigenvalue weighted by atomic mass is 10.00. The molecule has 32 heavy (non-hydrogen) atoms. The van der Waals surface area contributed by atoms with E-state index in [9.17, 15) is 4.79 Å². The molecule has 5 rings (SSSR count). The summed E-state index contributed by atoms with van der Waals surface area (Å²) in [5, 5.41) is 3.05. The van der Waals surface area contributed by atoms with Crippen molar-refractivity contribution < 1.29 is 14.3 Å². The van der Waals surface area contributed by atoms with Crippen molar-refractivity contribution in [1.82, 2.24) is 4.90 Å². The van der Waals surface area contributed by atoms with E-state index < -0.39 is 6.10 Å². The molecule has 0 aromatic heterocycles. The van der Waals surface area contributed by atoms with Crippen molar-refractivity contribution in [3.8, 4) is 5.75 Å². The first-order valence-electron chi connectivity index (χ1n) is 11.6. The highest BCUT2D eigenvalue weighted by molar-refractivity contribution is 5.95. The van der Waals surface area contributed by atoms with Crippen LogP contribution in [0, 0.1) is 0 Å². The highest BCUT2D eigenvalue weighted by Crippen LogP contribution is 2.38. The van der Waals surface area contributed by atoms with Gasteiger partial charge in [-0.15, -0.1) is 0 Å². The third kappa shape index (κ3) is 4.54. The minimum Gasteiger partial charge on any atom is -0.478 e. The van der Waals surface area contributed by atoms with E-state index in [0.29, 0.717) is 6.42 Å². The van der Waals surface area contributed by atoms with Crippen LogP contribution in [0.5, 0.6) is 5.75 Å². The van der Waals surface area contributed by atoms with Crippen LogP contribution in [-0.2, 0) is 16.0 Å². The molecule has 2 aromatic carbocycles. The van der Waals surface area contributed by atoms with Gasteiger partial charge in [0.25, 0.3) is 5.91 Å². The smallest absolute Gasteiger partial charge is 0.265 e. The summed E-state index contributed by atoms with van der Waals surface area (Å²) in [6.07, 6.45) is 1.07. The van der Waals surface area contributed by atoms with Gasteiger partial charge in [0.15, 0.2) is 6.10 Å². The Morgan fingerprint density at radius 2 is 1.69 bits per heavy atom. The molecule has 170 valence electrons. The molecule has 1 unspecified atom stereocenters. The van der Waals surface area contributed by atoms with Crippen LogP contribution >= 0.6 is 0 Å². The molecule has 0 bridgehead atoms. The molecule has 2 aromatic rings. The minimum atomic E-state index is -0.477. The molecular weight excluding hydrogens is 404 g/mol. The van der Waals surface area contributed by atoms with Crippen molar-refractivity contribution in [3.63, 3.8) is 0 Å². The normalized spacial score (nSPS) is 21.6. The molecule has 3 aliphatic heterocycles. The van der Waals surface area contributed by atoms with Gasteiger partial charge in [0.1, 0.15) is 5.75 Å². The largest absolute Gasteiger partial charge is 0.478 e. The van der Waals surface area contributed by atoms with Gasteiger partial charge in [-0.2, -0.15) is 0 Å². The SMILES string of the molecule is CN1CCN(c2cccc3c2OC(C(=O)Nc2ccc(N4CCOCC4)cc2)CC3)CC1. The van der Waals surface area contributed by atoms with Crippen molar-refractivity contribution in [3.05, 3.63) is 48.0 Å². The van der Waals surface area contributed by atoms with E-state index in [-0.39, 0.29) is 5.91 Å². The number of fused-ring (bicyclic) bond motifs is 1. The topological polar surface area (TPSA) is 57.3 Å². The Kier molecular flexibility index (Phi) is 6.19. The molecule has 7 nitrogen and oxygen atoms in total. The molecule has 1 atom stereocenters. The second-order valence-electron chi connectivity index (χ2n) is 8.84. The average Bonchev–Trinajstić information content (AvgIpc) is 2.85. The van der Waals surface area contributed by atoms with Crippen molar-refractivity contribution in [2.45, 2.75) is 18.9 Å². The van der Waals surface area contributed by atoms with Gasteiger partial charge in [0.05, 0.1) is 18.9 Å². The fourth-order valence-electron chi connectivity index (χ4n) is 4.67. The molecule has 1 amide bonds. The number of morpholine rings is 1. The third-order valence-corrected chi connectivity index (χ3v) is 6.66. The second kappa shape index (κ2) is 9.38. The number of amides is 1. The van der Waals surface area contributed by atoms with Gasteiger partial charge in [0.2, 0.25) is 0 Å². The number of likely N-dealkylation sites (N-methyl/N-ethyl adjacent to an activating group) is 1. The quantitative estimate of drug-likeness (QED) is 0.795. The number of aryl methyl sites for hydroxylation is 1. The van der Waals surface area contributed by atoms with E-state index in [1.54, 1.807) is 0 Å². The molecule has 2 fully saturated rings. The Morgan fingerprint density at radius 1 is 0.938 bits per heavy atom. The maximum Gasteiger partial charge on any atom is 0.265 e. The number of anilines is 3. The lowest BCUT2D eigenvalue weighted by Gasteiger charge is -2.36. The van der Waals surface area contributed by atoms with Gasteiger partial charge in [0, 0.05) is 50.6 Å². The fraction of sp³-hybridized carbons (Fsp3) is 0.480. The summed E-state index contributed by atoms with van der Waals surface area (Å²) in [6, 6.07) is 14.4. The lowest BCUT2D eigenvalue weighted by molar-refractivity contribution is -0.123. The van der Waals surface area contributed by atoms with Crippen molar-refractivity contribution in [2.75, 3.05) is 74.6 Å². The summed E-state index contributed by atoms with van der Waals surface area (Å²) in [4.78, 5) is 20.0. The van der Waals surface area contributed by atoms with E-state index in [4.69, 9.17) is 9.47 Å². The zero-order valence-corrected chi connectivity index (χ0v) is 18.8. The Bertz CT molecular complexity index is 935. The zero-order chi connectivity index (χ0) is 21.9. The molecular formula is C25H32N4O3. The molecule has 3 aliphatic rings. The number of hydrogen-bond donors (Lipinski definition) is 1. The zero-order valence-electron chi connectivity index (χ0n) is 18.8. The van der Waals surface area contributed by atoms with Gasteiger partial charge in [-0.05, 0) is 55.8 Å². The summed E-state index contributed by atoms with van der Waals surface area (Å²) in [6.45, 7) is 7.34. The number of nitrogens with one attached hydrogen (secondary N) is 1. The number of carbonyl (C=O) groups excluding carboxylic acids is 1. The number of nitrogens with zero attached hydrogens (tertiary/aromatic N) is 3. The number of benzene rings is 2. The van der Waals surface area contributed by atoms with Crippen LogP contribution in [-0.4, -0.2) is 76.4 Å². The second-order valence-corrected chi connectivity index (χ2v) is 8.84. The first-order valence-corrected chi connectivity index (χ1v) is 11.6. The van der Waals surface area contributed by atoms with Gasteiger partial charge in [-0.25, -0.2) is 0 Å². The molecule has 7 heteroatoms. The van der Waals surface area contributed by atoms with Crippen LogP contribution < -0.4 is 19.9 Å². The van der Waals surface area contributed by atoms with Gasteiger partial charge in [-0.3, -0.25) is 4.79 Å². The summed E-state index contributed by atoms with van der Waals surface area (Å²) in [5.74, 6) is 0.800. The third-order valence-electron chi connectivity index (χ3n) is 6.66. The fourth-order valence-corrected chi connectivity index (χ4v) is 4.67. The Morgan fingerprint density at radius 3 is 2.44 bits per heavy atom. The van der Waals surface area contributed by atoms with Crippen molar-refractivity contribution in [1.29, 1.82) is 0 Å². The number of carbonyl (C=O) groups is 1. The van der Waals surface area contributed by atoms with Crippen molar-refractivity contribution >= 4 is 23.0 Å². The molecule has 1 N–H and O–H groups in total. The predicted octanol–water partition coefficient (Wildman–Crippen LogP) is 2.61. The van der Waals surface area contributed by atoms with Gasteiger partial charge in [-0.1, -0.05) is 12.1 Å². The van der Waals surface area contributed by atoms with Crippen LogP contribution in [0.25, 0.3) is 0 Å². The highest BCUT2D eigenvalue weighted by Gasteiger charge is 2.29. The molecule has 3 heterocycles. The van der Waals surface area contributed by atoms with E-state index in [2.05, 4.69) is 57.4 Å². The van der Waals surface area contributed by atoms with Crippen molar-refractivity contribution in [2.24, 2.45) is 0 Å². The molecule has 2 saturated heterocycles. The first kappa shape index (κ1) is 21.1. The summed E-state index contributed by atoms with van der Waals surface area (Å²) in [5.41, 5.74) is 4.27. The van der Waals surface area contributed by atoms with Gasteiger partial charge >= 0.3 is 0 Å². The van der Waals surface area contributed by atoms with E-state index in [1.165, 1.54) is 5.56 Å². The monoisotopic (exact) mass is 436 g/mol. The number of ether oxygens (including phenoxy) is 2. The molecule has 0 radical (unpaired) electrons. The molecule has 0 aliphatic carbocycles. The lowest BCUT2D eigenvalue weighted by Crippen LogP contribution is -2.45. The number of para-hydroxylation sites is 1. The van der Waals surface area contributed by atoms with Crippen LogP contribution in [0.3, 0.4) is 0 Å². The Balaban J connectivity index is 1.25. The first-order chi connectivity index (χ1) is 15.7. The highest BCUT2D eigenvalue weighted by atomic mass is 16.5. The van der Waals surface area contributed by atoms with Crippen LogP contribution in [0.15, 0.2) is 42.5 Å². The number of rotatable bonds is 4. The predicted molar refractivity (Wildman–Crippen MR) is 127 cm³/mol. The Hall–Kier alpha value is -2.77. The Labute approximate surface area is 189 Å². The van der Waals surface area contributed by atoms with Crippen LogP contribution in [0.2, 0.25) is 0 Å². The average molecular weight is 437 g/mol. The van der Waals surface area contributed by atoms with Gasteiger partial charge < -0.3 is 29.5 Å². The standard InChI is InChI=1S/C25H32N4O3/c1-27-11-13-29(14-12-27)22-4-2-3-19-5-10-23(32-24(19)22)25(30)26-20-6-8-21(9-7-20)28-15-17-31-18-16-28/h2-4,6-9,23H,5,10-18H2,1H3,(H,26,30). The van der Waals surface area contributed by atoms with E-state index in [0.717, 1.165) is 81.7 Å². The number of piperazine rings is 1. The maximum absolute atomic E-state index is 13.0. The van der Waals surface area contributed by atoms with E-state index >= 15 is 0 Å². The van der Waals surface area contributed by atoms with E-state index in [1.807, 2.05) is 12.1 Å². The van der Waals surface area contributed by atoms with Crippen LogP contribution in [0.4, 0.5) is 17.1 Å². The van der Waals surface area contributed by atoms with Crippen LogP contribution in [0.1, 0.15) is 12.0 Å². The molecule has 0 saturated carbocycles. The maximum atomic E-state index is 13.0.